The van der Waals surface area contributed by atoms with Crippen molar-refractivity contribution in [3.05, 3.63) is 36.5 Å². The van der Waals surface area contributed by atoms with Crippen molar-refractivity contribution in [2.24, 2.45) is 0 Å². The first kappa shape index (κ1) is 16.5. The van der Waals surface area contributed by atoms with E-state index in [1.165, 1.54) is 17.2 Å². The van der Waals surface area contributed by atoms with Crippen LogP contribution in [0.3, 0.4) is 0 Å². The highest BCUT2D eigenvalue weighted by molar-refractivity contribution is 7.88. The van der Waals surface area contributed by atoms with E-state index in [-0.39, 0.29) is 0 Å². The Bertz CT molecular complexity index is 746. The molecule has 1 saturated heterocycles. The van der Waals surface area contributed by atoms with Crippen LogP contribution in [0.2, 0.25) is 0 Å². The average molecular weight is 335 g/mol. The van der Waals surface area contributed by atoms with Gasteiger partial charge in [0.1, 0.15) is 0 Å². The van der Waals surface area contributed by atoms with Crippen LogP contribution in [0.4, 0.5) is 0 Å². The summed E-state index contributed by atoms with van der Waals surface area (Å²) in [7, 11) is -3.02. The van der Waals surface area contributed by atoms with Crippen LogP contribution in [0.15, 0.2) is 36.5 Å². The molecule has 1 fully saturated rings. The highest BCUT2D eigenvalue weighted by Crippen LogP contribution is 2.16. The predicted molar refractivity (Wildman–Crippen MR) is 94.0 cm³/mol. The largest absolute Gasteiger partial charge is 0.347 e. The van der Waals surface area contributed by atoms with Crippen molar-refractivity contribution in [3.8, 4) is 0 Å². The summed E-state index contributed by atoms with van der Waals surface area (Å²) in [4.78, 5) is 0. The number of hydrogen-bond acceptors (Lipinski definition) is 3. The summed E-state index contributed by atoms with van der Waals surface area (Å²) in [6.07, 6.45) is 6.32. The second kappa shape index (κ2) is 7.03. The molecule has 1 aliphatic rings. The Hall–Kier alpha value is -1.37. The molecule has 5 nitrogen and oxygen atoms in total. The zero-order valence-electron chi connectivity index (χ0n) is 13.6. The Morgan fingerprint density at radius 2 is 1.91 bits per heavy atom. The molecule has 1 aromatic carbocycles. The summed E-state index contributed by atoms with van der Waals surface area (Å²) in [5.41, 5.74) is 1.29. The van der Waals surface area contributed by atoms with E-state index >= 15 is 0 Å². The van der Waals surface area contributed by atoms with Crippen molar-refractivity contribution in [3.63, 3.8) is 0 Å². The smallest absolute Gasteiger partial charge is 0.211 e. The Labute approximate surface area is 138 Å². The topological polar surface area (TPSA) is 54.3 Å². The molecule has 0 radical (unpaired) electrons. The molecule has 0 aliphatic carbocycles. The third-order valence-electron chi connectivity index (χ3n) is 4.61. The fourth-order valence-electron chi connectivity index (χ4n) is 3.28. The van der Waals surface area contributed by atoms with Gasteiger partial charge in [0.25, 0.3) is 0 Å². The van der Waals surface area contributed by atoms with Gasteiger partial charge < -0.3 is 9.88 Å². The van der Waals surface area contributed by atoms with Crippen molar-refractivity contribution in [2.75, 3.05) is 25.9 Å². The highest BCUT2D eigenvalue weighted by atomic mass is 32.2. The van der Waals surface area contributed by atoms with Gasteiger partial charge in [-0.3, -0.25) is 0 Å². The minimum Gasteiger partial charge on any atom is -0.347 e. The van der Waals surface area contributed by atoms with Gasteiger partial charge in [-0.25, -0.2) is 12.7 Å². The fraction of sp³-hybridized carbons (Fsp3) is 0.529. The second-order valence-electron chi connectivity index (χ2n) is 6.31. The van der Waals surface area contributed by atoms with Gasteiger partial charge in [0.05, 0.1) is 6.26 Å². The van der Waals surface area contributed by atoms with Crippen LogP contribution in [0, 0.1) is 0 Å². The van der Waals surface area contributed by atoms with Crippen LogP contribution in [0.25, 0.3) is 10.9 Å². The molecule has 1 N–H and O–H groups in total. The molecule has 0 atom stereocenters. The van der Waals surface area contributed by atoms with Crippen molar-refractivity contribution in [1.82, 2.24) is 14.2 Å². The Balaban J connectivity index is 1.41. The third-order valence-corrected chi connectivity index (χ3v) is 5.92. The molecule has 126 valence electrons. The van der Waals surface area contributed by atoms with E-state index in [1.807, 2.05) is 0 Å². The number of aromatic nitrogens is 1. The molecule has 2 aromatic rings. The van der Waals surface area contributed by atoms with Crippen LogP contribution < -0.4 is 5.32 Å². The van der Waals surface area contributed by atoms with E-state index in [4.69, 9.17) is 0 Å². The second-order valence-corrected chi connectivity index (χ2v) is 8.29. The number of para-hydroxylation sites is 1. The van der Waals surface area contributed by atoms with E-state index in [0.717, 1.165) is 32.4 Å². The molecule has 0 saturated carbocycles. The number of piperidine rings is 1. The van der Waals surface area contributed by atoms with E-state index in [9.17, 15) is 8.42 Å². The van der Waals surface area contributed by atoms with Gasteiger partial charge in [-0.05, 0) is 43.3 Å². The maximum absolute atomic E-state index is 11.5. The number of aryl methyl sites for hydroxylation is 1. The number of hydrogen-bond donors (Lipinski definition) is 1. The first-order valence-corrected chi connectivity index (χ1v) is 10.1. The van der Waals surface area contributed by atoms with Crippen LogP contribution in [0.5, 0.6) is 0 Å². The lowest BCUT2D eigenvalue weighted by atomic mass is 10.1. The van der Waals surface area contributed by atoms with Gasteiger partial charge in [-0.15, -0.1) is 0 Å². The summed E-state index contributed by atoms with van der Waals surface area (Å²) in [5, 5.41) is 4.86. The van der Waals surface area contributed by atoms with Crippen LogP contribution in [0.1, 0.15) is 19.3 Å². The van der Waals surface area contributed by atoms with Crippen molar-refractivity contribution < 1.29 is 8.42 Å². The summed E-state index contributed by atoms with van der Waals surface area (Å²) >= 11 is 0. The lowest BCUT2D eigenvalue weighted by Gasteiger charge is -2.30. The molecule has 1 aromatic heterocycles. The third kappa shape index (κ3) is 4.13. The van der Waals surface area contributed by atoms with Crippen LogP contribution in [-0.2, 0) is 16.6 Å². The summed E-state index contributed by atoms with van der Waals surface area (Å²) in [5.74, 6) is 0. The molecular formula is C17H25N3O2S. The number of nitrogens with one attached hydrogen (secondary N) is 1. The monoisotopic (exact) mass is 335 g/mol. The van der Waals surface area contributed by atoms with Crippen LogP contribution >= 0.6 is 0 Å². The Kier molecular flexibility index (Phi) is 5.04. The lowest BCUT2D eigenvalue weighted by Crippen LogP contribution is -2.44. The Morgan fingerprint density at radius 3 is 2.65 bits per heavy atom. The van der Waals surface area contributed by atoms with E-state index in [1.54, 1.807) is 4.31 Å². The number of benzene rings is 1. The lowest BCUT2D eigenvalue weighted by molar-refractivity contribution is 0.290. The minimum absolute atomic E-state index is 0.439. The molecule has 23 heavy (non-hydrogen) atoms. The molecule has 0 amide bonds. The molecule has 3 rings (SSSR count). The van der Waals surface area contributed by atoms with Gasteiger partial charge in [0, 0.05) is 37.4 Å². The highest BCUT2D eigenvalue weighted by Gasteiger charge is 2.24. The molecular weight excluding hydrogens is 310 g/mol. The maximum atomic E-state index is 11.5. The first-order chi connectivity index (χ1) is 11.0. The molecule has 6 heteroatoms. The summed E-state index contributed by atoms with van der Waals surface area (Å²) in [6, 6.07) is 11.0. The van der Waals surface area contributed by atoms with Gasteiger partial charge >= 0.3 is 0 Å². The predicted octanol–water partition coefficient (Wildman–Crippen LogP) is 2.04. The zero-order chi connectivity index (χ0) is 16.3. The number of sulfonamides is 1. The Morgan fingerprint density at radius 1 is 1.17 bits per heavy atom. The zero-order valence-corrected chi connectivity index (χ0v) is 14.4. The molecule has 0 unspecified atom stereocenters. The summed E-state index contributed by atoms with van der Waals surface area (Å²) < 4.78 is 26.9. The molecule has 2 heterocycles. The number of fused-ring (bicyclic) bond motifs is 1. The maximum Gasteiger partial charge on any atom is 0.211 e. The first-order valence-electron chi connectivity index (χ1n) is 8.26. The summed E-state index contributed by atoms with van der Waals surface area (Å²) in [6.45, 7) is 3.25. The molecule has 0 bridgehead atoms. The van der Waals surface area contributed by atoms with E-state index < -0.39 is 10.0 Å². The van der Waals surface area contributed by atoms with Gasteiger partial charge in [-0.1, -0.05) is 18.2 Å². The van der Waals surface area contributed by atoms with Gasteiger partial charge in [-0.2, -0.15) is 0 Å². The van der Waals surface area contributed by atoms with Crippen molar-refractivity contribution in [2.45, 2.75) is 31.8 Å². The fourth-order valence-corrected chi connectivity index (χ4v) is 4.16. The normalized spacial score (nSPS) is 17.8. The standard InChI is InChI=1S/C17H25N3O2S/c1-23(21,22)20-13-8-16(9-14-20)18-10-4-11-19-12-7-15-5-2-3-6-17(15)19/h2-3,5-7,12,16,18H,4,8-11,13-14H2,1H3. The van der Waals surface area contributed by atoms with Crippen molar-refractivity contribution in [1.29, 1.82) is 0 Å². The minimum atomic E-state index is -3.02. The average Bonchev–Trinajstić information content (AvgIpc) is 2.94. The van der Waals surface area contributed by atoms with Crippen LogP contribution in [-0.4, -0.2) is 49.2 Å². The number of nitrogens with zero attached hydrogens (tertiary/aromatic N) is 2. The van der Waals surface area contributed by atoms with Gasteiger partial charge in [0.2, 0.25) is 10.0 Å². The molecule has 1 aliphatic heterocycles. The quantitative estimate of drug-likeness (QED) is 0.822. The molecule has 0 spiro atoms. The van der Waals surface area contributed by atoms with E-state index in [2.05, 4.69) is 46.4 Å². The van der Waals surface area contributed by atoms with Crippen molar-refractivity contribution >= 4 is 20.9 Å². The van der Waals surface area contributed by atoms with E-state index in [0.29, 0.717) is 19.1 Å². The SMILES string of the molecule is CS(=O)(=O)N1CCC(NCCCn2ccc3ccccc32)CC1. The number of rotatable bonds is 6. The van der Waals surface area contributed by atoms with Gasteiger partial charge in [0.15, 0.2) is 0 Å².